The molecule has 0 fully saturated rings. The molecule has 2 rings (SSSR count). The molecule has 0 unspecified atom stereocenters. The predicted octanol–water partition coefficient (Wildman–Crippen LogP) is 2.66. The Kier molecular flexibility index (Phi) is 6.05. The van der Waals surface area contributed by atoms with Gasteiger partial charge in [0.2, 0.25) is 0 Å². The molecule has 0 spiro atoms. The number of anilines is 1. The second kappa shape index (κ2) is 8.05. The molecule has 0 saturated carbocycles. The highest BCUT2D eigenvalue weighted by atomic mass is 35.5. The summed E-state index contributed by atoms with van der Waals surface area (Å²) in [5, 5.41) is 15.4. The first-order valence-corrected chi connectivity index (χ1v) is 8.31. The average Bonchev–Trinajstić information content (AvgIpc) is 2.88. The summed E-state index contributed by atoms with van der Waals surface area (Å²) in [4.78, 5) is 26.2. The van der Waals surface area contributed by atoms with E-state index in [0.29, 0.717) is 35.0 Å². The molecule has 0 aliphatic heterocycles. The van der Waals surface area contributed by atoms with Gasteiger partial charge in [-0.25, -0.2) is 4.79 Å². The minimum Gasteiger partial charge on any atom is -0.545 e. The molecule has 0 radical (unpaired) electrons. The van der Waals surface area contributed by atoms with Gasteiger partial charge in [0.15, 0.2) is 0 Å². The third-order valence-electron chi connectivity index (χ3n) is 3.82. The second-order valence-corrected chi connectivity index (χ2v) is 6.04. The number of aromatic nitrogens is 1. The SMILES string of the molecule is CCOC(=O)c1c(C)[nH]c(/C(C)=N/Nc2ccc(Cl)c(C(=O)[O-])c2)c1C. The lowest BCUT2D eigenvalue weighted by Crippen LogP contribution is -2.22. The number of carbonyl (C=O) groups excluding carboxylic acids is 2. The largest absolute Gasteiger partial charge is 0.545 e. The number of hydrogen-bond acceptors (Lipinski definition) is 6. The number of benzene rings is 1. The molecule has 26 heavy (non-hydrogen) atoms. The maximum absolute atomic E-state index is 12.1. The minimum absolute atomic E-state index is 0.0890. The zero-order valence-corrected chi connectivity index (χ0v) is 15.7. The van der Waals surface area contributed by atoms with Crippen molar-refractivity contribution >= 4 is 34.9 Å². The lowest BCUT2D eigenvalue weighted by molar-refractivity contribution is -0.255. The molecular formula is C18H19ClN3O4-. The highest BCUT2D eigenvalue weighted by Gasteiger charge is 2.20. The summed E-state index contributed by atoms with van der Waals surface area (Å²) in [6.45, 7) is 7.40. The van der Waals surface area contributed by atoms with Crippen LogP contribution in [-0.4, -0.2) is 29.2 Å². The van der Waals surface area contributed by atoms with Crippen LogP contribution in [0, 0.1) is 13.8 Å². The van der Waals surface area contributed by atoms with Crippen LogP contribution in [0.1, 0.15) is 51.5 Å². The van der Waals surface area contributed by atoms with Crippen molar-refractivity contribution in [1.29, 1.82) is 0 Å². The number of carbonyl (C=O) groups is 2. The number of aryl methyl sites for hydroxylation is 1. The summed E-state index contributed by atoms with van der Waals surface area (Å²) in [7, 11) is 0. The number of rotatable bonds is 6. The number of nitrogens with one attached hydrogen (secondary N) is 2. The third-order valence-corrected chi connectivity index (χ3v) is 4.15. The molecule has 0 atom stereocenters. The van der Waals surface area contributed by atoms with Crippen LogP contribution in [-0.2, 0) is 4.74 Å². The van der Waals surface area contributed by atoms with Gasteiger partial charge >= 0.3 is 5.97 Å². The van der Waals surface area contributed by atoms with Gasteiger partial charge in [-0.1, -0.05) is 11.6 Å². The highest BCUT2D eigenvalue weighted by molar-refractivity contribution is 6.33. The minimum atomic E-state index is -1.37. The molecule has 0 saturated heterocycles. The van der Waals surface area contributed by atoms with Crippen molar-refractivity contribution in [2.45, 2.75) is 27.7 Å². The van der Waals surface area contributed by atoms with Crippen molar-refractivity contribution in [2.75, 3.05) is 12.0 Å². The maximum atomic E-state index is 12.1. The van der Waals surface area contributed by atoms with E-state index >= 15 is 0 Å². The molecular weight excluding hydrogens is 358 g/mol. The Bertz CT molecular complexity index is 887. The number of esters is 1. The van der Waals surface area contributed by atoms with Crippen molar-refractivity contribution in [3.8, 4) is 0 Å². The normalized spacial score (nSPS) is 11.3. The van der Waals surface area contributed by atoms with Gasteiger partial charge in [0, 0.05) is 16.3 Å². The molecule has 0 bridgehead atoms. The Balaban J connectivity index is 2.28. The summed E-state index contributed by atoms with van der Waals surface area (Å²) in [5.41, 5.74) is 6.28. The molecule has 1 aromatic heterocycles. The van der Waals surface area contributed by atoms with Crippen molar-refractivity contribution in [3.05, 3.63) is 51.3 Å². The van der Waals surface area contributed by atoms with E-state index in [1.165, 1.54) is 12.1 Å². The molecule has 8 heteroatoms. The van der Waals surface area contributed by atoms with E-state index < -0.39 is 5.97 Å². The zero-order valence-electron chi connectivity index (χ0n) is 14.9. The van der Waals surface area contributed by atoms with E-state index in [1.54, 1.807) is 33.8 Å². The van der Waals surface area contributed by atoms with E-state index in [4.69, 9.17) is 16.3 Å². The van der Waals surface area contributed by atoms with Gasteiger partial charge in [0.1, 0.15) is 0 Å². The van der Waals surface area contributed by atoms with Crippen molar-refractivity contribution in [3.63, 3.8) is 0 Å². The highest BCUT2D eigenvalue weighted by Crippen LogP contribution is 2.22. The lowest BCUT2D eigenvalue weighted by Gasteiger charge is -2.08. The summed E-state index contributed by atoms with van der Waals surface area (Å²) in [5.74, 6) is -1.75. The number of halogens is 1. The van der Waals surface area contributed by atoms with E-state index in [0.717, 1.165) is 5.56 Å². The molecule has 1 aromatic carbocycles. The van der Waals surface area contributed by atoms with Gasteiger partial charge in [-0.2, -0.15) is 5.10 Å². The number of ether oxygens (including phenoxy) is 1. The number of H-pyrrole nitrogens is 1. The van der Waals surface area contributed by atoms with E-state index in [9.17, 15) is 14.7 Å². The van der Waals surface area contributed by atoms with Gasteiger partial charge in [0.25, 0.3) is 0 Å². The van der Waals surface area contributed by atoms with Gasteiger partial charge < -0.3 is 19.6 Å². The molecule has 138 valence electrons. The molecule has 0 amide bonds. The van der Waals surface area contributed by atoms with Crippen LogP contribution in [0.2, 0.25) is 5.02 Å². The lowest BCUT2D eigenvalue weighted by atomic mass is 10.1. The first-order chi connectivity index (χ1) is 12.3. The molecule has 2 N–H and O–H groups in total. The average molecular weight is 377 g/mol. The molecule has 0 aliphatic rings. The van der Waals surface area contributed by atoms with Gasteiger partial charge in [-0.3, -0.25) is 5.43 Å². The van der Waals surface area contributed by atoms with Gasteiger partial charge in [-0.15, -0.1) is 0 Å². The number of carboxylic acid groups (broad SMARTS) is 1. The number of hydrazone groups is 1. The molecule has 7 nitrogen and oxygen atoms in total. The summed E-state index contributed by atoms with van der Waals surface area (Å²) >= 11 is 5.81. The van der Waals surface area contributed by atoms with Crippen LogP contribution < -0.4 is 10.5 Å². The molecule has 1 heterocycles. The monoisotopic (exact) mass is 376 g/mol. The van der Waals surface area contributed by atoms with Crippen LogP contribution in [0.15, 0.2) is 23.3 Å². The fourth-order valence-electron chi connectivity index (χ4n) is 2.58. The smallest absolute Gasteiger partial charge is 0.340 e. The topological polar surface area (TPSA) is 107 Å². The predicted molar refractivity (Wildman–Crippen MR) is 97.8 cm³/mol. The van der Waals surface area contributed by atoms with Crippen LogP contribution in [0.25, 0.3) is 0 Å². The Morgan fingerprint density at radius 2 is 2.04 bits per heavy atom. The number of hydrogen-bond donors (Lipinski definition) is 2. The summed E-state index contributed by atoms with van der Waals surface area (Å²) in [6.07, 6.45) is 0. The van der Waals surface area contributed by atoms with E-state index in [-0.39, 0.29) is 16.6 Å². The maximum Gasteiger partial charge on any atom is 0.340 e. The Morgan fingerprint density at radius 1 is 1.35 bits per heavy atom. The summed E-state index contributed by atoms with van der Waals surface area (Å²) < 4.78 is 5.07. The van der Waals surface area contributed by atoms with E-state index in [2.05, 4.69) is 15.5 Å². The number of aromatic amines is 1. The second-order valence-electron chi connectivity index (χ2n) is 5.64. The van der Waals surface area contributed by atoms with Crippen LogP contribution >= 0.6 is 11.6 Å². The van der Waals surface area contributed by atoms with E-state index in [1.807, 2.05) is 0 Å². The third kappa shape index (κ3) is 4.05. The van der Waals surface area contributed by atoms with Crippen LogP contribution in [0.4, 0.5) is 5.69 Å². The van der Waals surface area contributed by atoms with Crippen molar-refractivity contribution in [1.82, 2.24) is 4.98 Å². The fraction of sp³-hybridized carbons (Fsp3) is 0.278. The number of nitrogens with zero attached hydrogens (tertiary/aromatic N) is 1. The number of aromatic carboxylic acids is 1. The zero-order chi connectivity index (χ0) is 19.4. The number of carboxylic acids is 1. The quantitative estimate of drug-likeness (QED) is 0.458. The first-order valence-electron chi connectivity index (χ1n) is 7.94. The summed E-state index contributed by atoms with van der Waals surface area (Å²) in [6, 6.07) is 4.39. The Hall–Kier alpha value is -2.80. The molecule has 0 aliphatic carbocycles. The van der Waals surface area contributed by atoms with Crippen LogP contribution in [0.5, 0.6) is 0 Å². The van der Waals surface area contributed by atoms with Crippen molar-refractivity contribution in [2.24, 2.45) is 5.10 Å². The standard InChI is InChI=1S/C18H20ClN3O4/c1-5-26-18(25)15-9(2)16(20-10(15)3)11(4)21-22-12-6-7-14(19)13(8-12)17(23)24/h6-8,20,22H,5H2,1-4H3,(H,23,24)/p-1/b21-11+. The van der Waals surface area contributed by atoms with Gasteiger partial charge in [-0.05, 0) is 51.5 Å². The Labute approximate surface area is 156 Å². The van der Waals surface area contributed by atoms with Gasteiger partial charge in [0.05, 0.1) is 35.2 Å². The van der Waals surface area contributed by atoms with Crippen LogP contribution in [0.3, 0.4) is 0 Å². The first kappa shape index (κ1) is 19.5. The fourth-order valence-corrected chi connectivity index (χ4v) is 2.77. The Morgan fingerprint density at radius 3 is 2.65 bits per heavy atom. The van der Waals surface area contributed by atoms with Crippen molar-refractivity contribution < 1.29 is 19.4 Å². The molecule has 2 aromatic rings.